The van der Waals surface area contributed by atoms with Crippen LogP contribution in [0.2, 0.25) is 0 Å². The summed E-state index contributed by atoms with van der Waals surface area (Å²) in [6, 6.07) is 3.91. The standard InChI is InChI=1S/C11H14N4S2/c1-15(6-8-3-4-17-7-8)10-5-9(12)13-11(14-10)16-2/h3-5,7H,6H2,1-2H3,(H2,12,13,14). The van der Waals surface area contributed by atoms with E-state index in [0.29, 0.717) is 11.0 Å². The Morgan fingerprint density at radius 1 is 1.47 bits per heavy atom. The summed E-state index contributed by atoms with van der Waals surface area (Å²) in [4.78, 5) is 10.6. The van der Waals surface area contributed by atoms with E-state index in [0.717, 1.165) is 12.4 Å². The van der Waals surface area contributed by atoms with Gasteiger partial charge in [0.1, 0.15) is 11.6 Å². The minimum absolute atomic E-state index is 0.511. The van der Waals surface area contributed by atoms with Crippen LogP contribution in [0.15, 0.2) is 28.0 Å². The lowest BCUT2D eigenvalue weighted by Gasteiger charge is -2.18. The van der Waals surface area contributed by atoms with Crippen molar-refractivity contribution in [3.8, 4) is 0 Å². The smallest absolute Gasteiger partial charge is 0.191 e. The molecule has 90 valence electrons. The summed E-state index contributed by atoms with van der Waals surface area (Å²) in [6.07, 6.45) is 1.94. The number of rotatable bonds is 4. The molecule has 2 rings (SSSR count). The molecule has 0 atom stereocenters. The predicted molar refractivity (Wildman–Crippen MR) is 74.7 cm³/mol. The molecule has 2 aromatic heterocycles. The highest BCUT2D eigenvalue weighted by Crippen LogP contribution is 2.19. The van der Waals surface area contributed by atoms with Crippen molar-refractivity contribution in [2.75, 3.05) is 23.9 Å². The van der Waals surface area contributed by atoms with Crippen LogP contribution in [0.4, 0.5) is 11.6 Å². The molecule has 0 aliphatic rings. The second-order valence-corrected chi connectivity index (χ2v) is 5.18. The summed E-state index contributed by atoms with van der Waals surface area (Å²) < 4.78 is 0. The highest BCUT2D eigenvalue weighted by Gasteiger charge is 2.07. The first-order chi connectivity index (χ1) is 8.19. The van der Waals surface area contributed by atoms with Gasteiger partial charge in [0, 0.05) is 19.7 Å². The van der Waals surface area contributed by atoms with Gasteiger partial charge in [-0.3, -0.25) is 0 Å². The van der Waals surface area contributed by atoms with E-state index in [1.807, 2.05) is 13.3 Å². The number of nitrogen functional groups attached to an aromatic ring is 1. The van der Waals surface area contributed by atoms with Crippen molar-refractivity contribution in [2.24, 2.45) is 0 Å². The minimum Gasteiger partial charge on any atom is -0.383 e. The molecule has 0 saturated heterocycles. The number of thiophene rings is 1. The van der Waals surface area contributed by atoms with E-state index < -0.39 is 0 Å². The Balaban J connectivity index is 2.18. The fourth-order valence-electron chi connectivity index (χ4n) is 1.45. The first-order valence-electron chi connectivity index (χ1n) is 5.10. The fourth-order valence-corrected chi connectivity index (χ4v) is 2.50. The number of aromatic nitrogens is 2. The van der Waals surface area contributed by atoms with E-state index >= 15 is 0 Å². The van der Waals surface area contributed by atoms with E-state index in [1.54, 1.807) is 17.4 Å². The molecule has 4 nitrogen and oxygen atoms in total. The minimum atomic E-state index is 0.511. The Hall–Kier alpha value is -1.27. The molecule has 6 heteroatoms. The summed E-state index contributed by atoms with van der Waals surface area (Å²) in [5, 5.41) is 4.92. The van der Waals surface area contributed by atoms with E-state index in [-0.39, 0.29) is 0 Å². The largest absolute Gasteiger partial charge is 0.383 e. The third-order valence-corrected chi connectivity index (χ3v) is 3.57. The molecule has 0 amide bonds. The van der Waals surface area contributed by atoms with Gasteiger partial charge in [0.15, 0.2) is 5.16 Å². The van der Waals surface area contributed by atoms with Crippen LogP contribution in [-0.2, 0) is 6.54 Å². The molecule has 2 aromatic rings. The Kier molecular flexibility index (Phi) is 3.86. The second kappa shape index (κ2) is 5.37. The van der Waals surface area contributed by atoms with Crippen molar-refractivity contribution in [1.82, 2.24) is 9.97 Å². The Morgan fingerprint density at radius 3 is 2.94 bits per heavy atom. The quantitative estimate of drug-likeness (QED) is 0.680. The first-order valence-corrected chi connectivity index (χ1v) is 7.26. The van der Waals surface area contributed by atoms with Gasteiger partial charge >= 0.3 is 0 Å². The van der Waals surface area contributed by atoms with Gasteiger partial charge in [0.2, 0.25) is 0 Å². The number of hydrogen-bond acceptors (Lipinski definition) is 6. The van der Waals surface area contributed by atoms with E-state index in [9.17, 15) is 0 Å². The molecular formula is C11H14N4S2. The lowest BCUT2D eigenvalue weighted by atomic mass is 10.3. The van der Waals surface area contributed by atoms with Gasteiger partial charge in [-0.2, -0.15) is 11.3 Å². The molecule has 0 bridgehead atoms. The number of hydrogen-bond donors (Lipinski definition) is 1. The van der Waals surface area contributed by atoms with Crippen LogP contribution in [0, 0.1) is 0 Å². The Bertz CT molecular complexity index is 484. The highest BCUT2D eigenvalue weighted by molar-refractivity contribution is 7.98. The van der Waals surface area contributed by atoms with Gasteiger partial charge in [-0.15, -0.1) is 0 Å². The normalized spacial score (nSPS) is 10.5. The average molecular weight is 266 g/mol. The zero-order chi connectivity index (χ0) is 12.3. The van der Waals surface area contributed by atoms with Crippen molar-refractivity contribution >= 4 is 34.7 Å². The van der Waals surface area contributed by atoms with Crippen molar-refractivity contribution in [2.45, 2.75) is 11.7 Å². The highest BCUT2D eigenvalue weighted by atomic mass is 32.2. The van der Waals surface area contributed by atoms with Gasteiger partial charge in [0.05, 0.1) is 0 Å². The average Bonchev–Trinajstić information content (AvgIpc) is 2.81. The Labute approximate surface area is 109 Å². The Morgan fingerprint density at radius 2 is 2.29 bits per heavy atom. The van der Waals surface area contributed by atoms with Crippen LogP contribution in [0.5, 0.6) is 0 Å². The molecule has 0 aliphatic carbocycles. The number of thioether (sulfide) groups is 1. The van der Waals surface area contributed by atoms with Crippen LogP contribution in [0.3, 0.4) is 0 Å². The lowest BCUT2D eigenvalue weighted by molar-refractivity contribution is 0.862. The van der Waals surface area contributed by atoms with Gasteiger partial charge in [-0.1, -0.05) is 11.8 Å². The van der Waals surface area contributed by atoms with Crippen molar-refractivity contribution < 1.29 is 0 Å². The van der Waals surface area contributed by atoms with Crippen LogP contribution in [0.1, 0.15) is 5.56 Å². The van der Waals surface area contributed by atoms with Gasteiger partial charge in [-0.05, 0) is 28.6 Å². The SMILES string of the molecule is CSc1nc(N)cc(N(C)Cc2ccsc2)n1. The van der Waals surface area contributed by atoms with Crippen LogP contribution in [0.25, 0.3) is 0 Å². The lowest BCUT2D eigenvalue weighted by Crippen LogP contribution is -2.18. The predicted octanol–water partition coefficient (Wildman–Crippen LogP) is 2.48. The third-order valence-electron chi connectivity index (χ3n) is 2.29. The molecule has 0 fully saturated rings. The molecule has 0 spiro atoms. The maximum atomic E-state index is 5.76. The first kappa shape index (κ1) is 12.2. The number of anilines is 2. The molecule has 2 heterocycles. The molecule has 17 heavy (non-hydrogen) atoms. The molecule has 0 aliphatic heterocycles. The maximum absolute atomic E-state index is 5.76. The molecule has 2 N–H and O–H groups in total. The molecule has 0 radical (unpaired) electrons. The monoisotopic (exact) mass is 266 g/mol. The number of nitrogens with zero attached hydrogens (tertiary/aromatic N) is 3. The van der Waals surface area contributed by atoms with E-state index in [4.69, 9.17) is 5.73 Å². The summed E-state index contributed by atoms with van der Waals surface area (Å²) in [6.45, 7) is 0.827. The zero-order valence-corrected chi connectivity index (χ0v) is 11.4. The zero-order valence-electron chi connectivity index (χ0n) is 9.75. The van der Waals surface area contributed by atoms with E-state index in [1.165, 1.54) is 17.3 Å². The van der Waals surface area contributed by atoms with Crippen molar-refractivity contribution in [1.29, 1.82) is 0 Å². The summed E-state index contributed by atoms with van der Waals surface area (Å²) in [7, 11) is 2.00. The summed E-state index contributed by atoms with van der Waals surface area (Å²) in [5.41, 5.74) is 7.04. The summed E-state index contributed by atoms with van der Waals surface area (Å²) >= 11 is 3.20. The van der Waals surface area contributed by atoms with Crippen LogP contribution < -0.4 is 10.6 Å². The topological polar surface area (TPSA) is 55.0 Å². The maximum Gasteiger partial charge on any atom is 0.191 e. The molecule has 0 unspecified atom stereocenters. The molecular weight excluding hydrogens is 252 g/mol. The van der Waals surface area contributed by atoms with Gasteiger partial charge in [0.25, 0.3) is 0 Å². The van der Waals surface area contributed by atoms with Gasteiger partial charge in [-0.25, -0.2) is 9.97 Å². The van der Waals surface area contributed by atoms with Crippen LogP contribution >= 0.6 is 23.1 Å². The van der Waals surface area contributed by atoms with Crippen molar-refractivity contribution in [3.63, 3.8) is 0 Å². The molecule has 0 aromatic carbocycles. The van der Waals surface area contributed by atoms with Crippen molar-refractivity contribution in [3.05, 3.63) is 28.5 Å². The third kappa shape index (κ3) is 3.10. The number of nitrogens with two attached hydrogens (primary N) is 1. The summed E-state index contributed by atoms with van der Waals surface area (Å²) in [5.74, 6) is 1.37. The van der Waals surface area contributed by atoms with Gasteiger partial charge < -0.3 is 10.6 Å². The second-order valence-electron chi connectivity index (χ2n) is 3.63. The fraction of sp³-hybridized carbons (Fsp3) is 0.273. The molecule has 0 saturated carbocycles. The van der Waals surface area contributed by atoms with Crippen LogP contribution in [-0.4, -0.2) is 23.3 Å². The van der Waals surface area contributed by atoms with E-state index in [2.05, 4.69) is 31.7 Å².